The maximum atomic E-state index is 4.94. The minimum atomic E-state index is 0.768. The second-order valence-electron chi connectivity index (χ2n) is 1.06. The van der Waals surface area contributed by atoms with Crippen molar-refractivity contribution in [3.63, 3.8) is 0 Å². The van der Waals surface area contributed by atoms with Gasteiger partial charge in [0.25, 0.3) is 0 Å². The predicted molar refractivity (Wildman–Crippen MR) is 35.2 cm³/mol. The van der Waals surface area contributed by atoms with Gasteiger partial charge in [-0.1, -0.05) is 5.02 Å². The van der Waals surface area contributed by atoms with E-state index in [1.807, 2.05) is 0 Å². The molecule has 0 saturated carbocycles. The molecule has 0 radical (unpaired) electrons. The SMILES string of the molecule is C#CCCC=C=S. The third kappa shape index (κ3) is 5.43. The summed E-state index contributed by atoms with van der Waals surface area (Å²) in [5.41, 5.74) is 0. The molecule has 0 aromatic rings. The zero-order valence-corrected chi connectivity index (χ0v) is 4.79. The fraction of sp³-hybridized carbons (Fsp3) is 0.333. The normalized spacial score (nSPS) is 6.14. The van der Waals surface area contributed by atoms with Gasteiger partial charge in [0.1, 0.15) is 0 Å². The molecule has 7 heavy (non-hydrogen) atoms. The number of hydrogen-bond acceptors (Lipinski definition) is 1. The van der Waals surface area contributed by atoms with E-state index in [-0.39, 0.29) is 0 Å². The molecular formula is C6H6S. The van der Waals surface area contributed by atoms with Crippen molar-refractivity contribution in [1.29, 1.82) is 0 Å². The summed E-state index contributed by atoms with van der Waals surface area (Å²) in [4.78, 5) is 0. The van der Waals surface area contributed by atoms with Crippen LogP contribution >= 0.6 is 12.2 Å². The van der Waals surface area contributed by atoms with Crippen molar-refractivity contribution in [3.05, 3.63) is 6.08 Å². The lowest BCUT2D eigenvalue weighted by Gasteiger charge is -1.73. The van der Waals surface area contributed by atoms with Gasteiger partial charge in [-0.2, -0.15) is 0 Å². The Labute approximate surface area is 49.2 Å². The average Bonchev–Trinajstić information content (AvgIpc) is 1.69. The first-order valence-electron chi connectivity index (χ1n) is 2.04. The summed E-state index contributed by atoms with van der Waals surface area (Å²) in [6.07, 6.45) is 8.33. The van der Waals surface area contributed by atoms with E-state index in [1.54, 1.807) is 6.08 Å². The molecule has 0 rings (SSSR count). The molecule has 0 aliphatic heterocycles. The minimum absolute atomic E-state index is 0.768. The first-order valence-corrected chi connectivity index (χ1v) is 2.45. The summed E-state index contributed by atoms with van der Waals surface area (Å²) in [6.45, 7) is 0. The van der Waals surface area contributed by atoms with Crippen LogP contribution in [0.4, 0.5) is 0 Å². The standard InChI is InChI=1S/C6H6S/c1-2-3-4-5-6-7/h1,5H,3-4H2. The second-order valence-corrected chi connectivity index (χ2v) is 1.30. The molecule has 0 heterocycles. The van der Waals surface area contributed by atoms with E-state index in [9.17, 15) is 0 Å². The van der Waals surface area contributed by atoms with Crippen molar-refractivity contribution in [2.24, 2.45) is 0 Å². The maximum Gasteiger partial charge on any atom is 0.0127 e. The summed E-state index contributed by atoms with van der Waals surface area (Å²) < 4.78 is 0. The monoisotopic (exact) mass is 110 g/mol. The molecular weight excluding hydrogens is 104 g/mol. The first-order chi connectivity index (χ1) is 3.41. The quantitative estimate of drug-likeness (QED) is 0.295. The smallest absolute Gasteiger partial charge is 0.0127 e. The highest BCUT2D eigenvalue weighted by Crippen LogP contribution is 1.82. The van der Waals surface area contributed by atoms with E-state index in [4.69, 9.17) is 6.42 Å². The average molecular weight is 110 g/mol. The fourth-order valence-corrected chi connectivity index (χ4v) is 0.332. The Morgan fingerprint density at radius 3 is 2.86 bits per heavy atom. The van der Waals surface area contributed by atoms with Crippen molar-refractivity contribution in [2.75, 3.05) is 0 Å². The molecule has 0 nitrogen and oxygen atoms in total. The van der Waals surface area contributed by atoms with Crippen molar-refractivity contribution >= 4 is 17.2 Å². The van der Waals surface area contributed by atoms with Crippen LogP contribution in [0.25, 0.3) is 0 Å². The first kappa shape index (κ1) is 6.43. The van der Waals surface area contributed by atoms with Gasteiger partial charge in [0, 0.05) is 6.42 Å². The van der Waals surface area contributed by atoms with Crippen LogP contribution in [0.15, 0.2) is 6.08 Å². The van der Waals surface area contributed by atoms with Gasteiger partial charge in [-0.3, -0.25) is 0 Å². The van der Waals surface area contributed by atoms with E-state index >= 15 is 0 Å². The number of rotatable bonds is 2. The molecule has 0 aliphatic rings. The Hall–Kier alpha value is -0.570. The van der Waals surface area contributed by atoms with Crippen molar-refractivity contribution in [3.8, 4) is 12.3 Å². The molecule has 0 amide bonds. The zero-order chi connectivity index (χ0) is 5.54. The van der Waals surface area contributed by atoms with Crippen LogP contribution in [0, 0.1) is 12.3 Å². The molecule has 0 bridgehead atoms. The molecule has 0 spiro atoms. The molecule has 1 heteroatoms. The number of allylic oxidation sites excluding steroid dienone is 1. The van der Waals surface area contributed by atoms with Crippen molar-refractivity contribution < 1.29 is 0 Å². The van der Waals surface area contributed by atoms with E-state index in [0.717, 1.165) is 12.8 Å². The molecule has 0 fully saturated rings. The van der Waals surface area contributed by atoms with Gasteiger partial charge in [0.2, 0.25) is 0 Å². The summed E-state index contributed by atoms with van der Waals surface area (Å²) in [7, 11) is 0. The fourth-order valence-electron chi connectivity index (χ4n) is 0.214. The molecule has 36 valence electrons. The highest BCUT2D eigenvalue weighted by Gasteiger charge is 1.68. The number of hydrogen-bond donors (Lipinski definition) is 0. The Kier molecular flexibility index (Phi) is 4.99. The van der Waals surface area contributed by atoms with Crippen molar-refractivity contribution in [2.45, 2.75) is 12.8 Å². The topological polar surface area (TPSA) is 0 Å². The summed E-state index contributed by atoms with van der Waals surface area (Å²) in [5, 5.41) is 2.47. The molecule has 0 atom stereocenters. The lowest BCUT2D eigenvalue weighted by molar-refractivity contribution is 1.10. The molecule has 0 saturated heterocycles. The van der Waals surface area contributed by atoms with Crippen LogP contribution in [0.3, 0.4) is 0 Å². The second kappa shape index (κ2) is 5.43. The van der Waals surface area contributed by atoms with Gasteiger partial charge in [0.15, 0.2) is 0 Å². The minimum Gasteiger partial charge on any atom is -0.120 e. The number of terminal acetylenes is 1. The molecule has 0 aliphatic carbocycles. The van der Waals surface area contributed by atoms with Gasteiger partial charge in [-0.25, -0.2) is 0 Å². The number of unbranched alkanes of at least 4 members (excludes halogenated alkanes) is 1. The van der Waals surface area contributed by atoms with E-state index in [1.165, 1.54) is 0 Å². The highest BCUT2D eigenvalue weighted by molar-refractivity contribution is 7.78. The molecule has 0 aromatic carbocycles. The summed E-state index contributed by atoms with van der Waals surface area (Å²) >= 11 is 4.39. The Morgan fingerprint density at radius 1 is 1.71 bits per heavy atom. The van der Waals surface area contributed by atoms with Gasteiger partial charge in [0.05, 0.1) is 0 Å². The highest BCUT2D eigenvalue weighted by atomic mass is 32.1. The van der Waals surface area contributed by atoms with Crippen LogP contribution in [0.1, 0.15) is 12.8 Å². The molecule has 0 unspecified atom stereocenters. The third-order valence-electron chi connectivity index (χ3n) is 0.516. The lowest BCUT2D eigenvalue weighted by Crippen LogP contribution is -1.60. The lowest BCUT2D eigenvalue weighted by atomic mass is 10.3. The number of thiocarbonyl (C=S) groups is 1. The van der Waals surface area contributed by atoms with Crippen LogP contribution < -0.4 is 0 Å². The van der Waals surface area contributed by atoms with Gasteiger partial charge in [-0.05, 0) is 24.7 Å². The predicted octanol–water partition coefficient (Wildman–Crippen LogP) is 1.55. The van der Waals surface area contributed by atoms with Gasteiger partial charge >= 0.3 is 0 Å². The summed E-state index contributed by atoms with van der Waals surface area (Å²) in [5.74, 6) is 2.48. The Balaban J connectivity index is 3.03. The Bertz CT molecular complexity index is 113. The van der Waals surface area contributed by atoms with E-state index in [0.29, 0.717) is 0 Å². The van der Waals surface area contributed by atoms with Gasteiger partial charge in [-0.15, -0.1) is 12.3 Å². The van der Waals surface area contributed by atoms with Crippen LogP contribution in [-0.4, -0.2) is 5.02 Å². The van der Waals surface area contributed by atoms with Crippen LogP contribution in [-0.2, 0) is 0 Å². The van der Waals surface area contributed by atoms with Crippen molar-refractivity contribution in [1.82, 2.24) is 0 Å². The van der Waals surface area contributed by atoms with E-state index < -0.39 is 0 Å². The Morgan fingerprint density at radius 2 is 2.43 bits per heavy atom. The van der Waals surface area contributed by atoms with E-state index in [2.05, 4.69) is 23.2 Å². The maximum absolute atomic E-state index is 4.94. The summed E-state index contributed by atoms with van der Waals surface area (Å²) in [6, 6.07) is 0. The third-order valence-corrected chi connectivity index (χ3v) is 0.683. The zero-order valence-electron chi connectivity index (χ0n) is 3.98. The van der Waals surface area contributed by atoms with Crippen LogP contribution in [0.2, 0.25) is 0 Å². The van der Waals surface area contributed by atoms with Crippen LogP contribution in [0.5, 0.6) is 0 Å². The largest absolute Gasteiger partial charge is 0.120 e. The van der Waals surface area contributed by atoms with Gasteiger partial charge < -0.3 is 0 Å². The molecule has 0 N–H and O–H groups in total. The molecule has 0 aromatic heterocycles.